The van der Waals surface area contributed by atoms with Gasteiger partial charge in [-0.1, -0.05) is 44.1 Å². The lowest BCUT2D eigenvalue weighted by Crippen LogP contribution is -2.28. The maximum absolute atomic E-state index is 11.1. The van der Waals surface area contributed by atoms with Crippen LogP contribution in [0.25, 0.3) is 22.2 Å². The van der Waals surface area contributed by atoms with Gasteiger partial charge in [0.05, 0.1) is 23.1 Å². The average molecular weight is 341 g/mol. The normalized spacial score (nSPS) is 13.0. The van der Waals surface area contributed by atoms with Crippen LogP contribution in [-0.4, -0.2) is 39.8 Å². The summed E-state index contributed by atoms with van der Waals surface area (Å²) in [5.41, 5.74) is 4.78. The van der Waals surface area contributed by atoms with Crippen molar-refractivity contribution in [1.82, 2.24) is 15.0 Å². The van der Waals surface area contributed by atoms with Crippen molar-refractivity contribution < 1.29 is 9.63 Å². The smallest absolute Gasteiger partial charge is 0.143 e. The van der Waals surface area contributed by atoms with Gasteiger partial charge in [0.15, 0.2) is 0 Å². The summed E-state index contributed by atoms with van der Waals surface area (Å²) < 4.78 is 5.43. The summed E-state index contributed by atoms with van der Waals surface area (Å²) in [5, 5.41) is 16.3. The lowest BCUT2D eigenvalue weighted by atomic mass is 9.98. The number of nitrogens with zero attached hydrogens (tertiary/aromatic N) is 2. The van der Waals surface area contributed by atoms with Crippen LogP contribution in [0.4, 0.5) is 0 Å². The highest BCUT2D eigenvalue weighted by Gasteiger charge is 2.25. The SMILES string of the molecule is CCc1noc(C)c1-c1[nH]c2ccccc2c1C(O)CN(CC)CC. The van der Waals surface area contributed by atoms with E-state index in [4.69, 9.17) is 4.52 Å². The van der Waals surface area contributed by atoms with Crippen LogP contribution in [-0.2, 0) is 6.42 Å². The van der Waals surface area contributed by atoms with Crippen LogP contribution in [0.3, 0.4) is 0 Å². The number of likely N-dealkylation sites (N-methyl/N-ethyl adjacent to an activating group) is 1. The molecule has 0 bridgehead atoms. The van der Waals surface area contributed by atoms with Gasteiger partial charge in [-0.2, -0.15) is 0 Å². The Morgan fingerprint density at radius 1 is 1.20 bits per heavy atom. The Morgan fingerprint density at radius 2 is 1.92 bits per heavy atom. The predicted molar refractivity (Wildman–Crippen MR) is 101 cm³/mol. The molecule has 134 valence electrons. The molecular formula is C20H27N3O2. The number of fused-ring (bicyclic) bond motifs is 1. The molecule has 0 aliphatic carbocycles. The van der Waals surface area contributed by atoms with Crippen LogP contribution < -0.4 is 0 Å². The zero-order chi connectivity index (χ0) is 18.0. The zero-order valence-corrected chi connectivity index (χ0v) is 15.5. The quantitative estimate of drug-likeness (QED) is 0.680. The maximum Gasteiger partial charge on any atom is 0.143 e. The molecule has 0 amide bonds. The van der Waals surface area contributed by atoms with E-state index in [2.05, 4.69) is 41.9 Å². The fourth-order valence-corrected chi connectivity index (χ4v) is 3.50. The van der Waals surface area contributed by atoms with Crippen LogP contribution in [0, 0.1) is 6.92 Å². The molecule has 25 heavy (non-hydrogen) atoms. The first-order valence-corrected chi connectivity index (χ1v) is 9.07. The lowest BCUT2D eigenvalue weighted by molar-refractivity contribution is 0.120. The summed E-state index contributed by atoms with van der Waals surface area (Å²) in [5.74, 6) is 0.777. The standard InChI is InChI=1S/C20H27N3O2/c1-5-15-18(13(4)25-22-15)20-19(17(24)12-23(6-2)7-3)14-10-8-9-11-16(14)21-20/h8-11,17,21,24H,5-7,12H2,1-4H3. The molecule has 3 aromatic rings. The Kier molecular flexibility index (Phi) is 5.25. The van der Waals surface area contributed by atoms with Crippen molar-refractivity contribution in [3.05, 3.63) is 41.3 Å². The first-order valence-electron chi connectivity index (χ1n) is 9.07. The molecule has 3 rings (SSSR count). The van der Waals surface area contributed by atoms with Gasteiger partial charge < -0.3 is 19.5 Å². The molecule has 2 heterocycles. The summed E-state index contributed by atoms with van der Waals surface area (Å²) in [6.07, 6.45) is 0.207. The van der Waals surface area contributed by atoms with E-state index in [9.17, 15) is 5.11 Å². The van der Waals surface area contributed by atoms with Crippen molar-refractivity contribution in [2.24, 2.45) is 0 Å². The van der Waals surface area contributed by atoms with Gasteiger partial charge in [0.1, 0.15) is 5.76 Å². The molecule has 5 nitrogen and oxygen atoms in total. The number of aromatic amines is 1. The van der Waals surface area contributed by atoms with Crippen molar-refractivity contribution in [3.63, 3.8) is 0 Å². The molecule has 1 atom stereocenters. The van der Waals surface area contributed by atoms with E-state index in [1.165, 1.54) is 0 Å². The van der Waals surface area contributed by atoms with E-state index in [1.807, 2.05) is 25.1 Å². The first kappa shape index (κ1) is 17.7. The molecule has 0 aliphatic rings. The van der Waals surface area contributed by atoms with Crippen molar-refractivity contribution in [3.8, 4) is 11.3 Å². The van der Waals surface area contributed by atoms with Crippen LogP contribution in [0.2, 0.25) is 0 Å². The Hall–Kier alpha value is -2.11. The predicted octanol–water partition coefficient (Wildman–Crippen LogP) is 4.07. The minimum atomic E-state index is -0.579. The van der Waals surface area contributed by atoms with Gasteiger partial charge in [-0.25, -0.2) is 0 Å². The zero-order valence-electron chi connectivity index (χ0n) is 15.5. The van der Waals surface area contributed by atoms with Crippen molar-refractivity contribution in [1.29, 1.82) is 0 Å². The van der Waals surface area contributed by atoms with E-state index in [-0.39, 0.29) is 0 Å². The number of aliphatic hydroxyl groups excluding tert-OH is 1. The largest absolute Gasteiger partial charge is 0.387 e. The second-order valence-corrected chi connectivity index (χ2v) is 6.37. The first-order chi connectivity index (χ1) is 12.1. The molecule has 0 saturated heterocycles. The van der Waals surface area contributed by atoms with Gasteiger partial charge >= 0.3 is 0 Å². The van der Waals surface area contributed by atoms with Gasteiger partial charge in [-0.05, 0) is 32.5 Å². The molecule has 0 fully saturated rings. The van der Waals surface area contributed by atoms with E-state index >= 15 is 0 Å². The van der Waals surface area contributed by atoms with E-state index < -0.39 is 6.10 Å². The van der Waals surface area contributed by atoms with Crippen LogP contribution in [0.1, 0.15) is 43.9 Å². The highest BCUT2D eigenvalue weighted by atomic mass is 16.5. The Bertz CT molecular complexity index is 846. The van der Waals surface area contributed by atoms with E-state index in [0.717, 1.165) is 58.7 Å². The molecule has 1 aromatic carbocycles. The van der Waals surface area contributed by atoms with Gasteiger partial charge in [0, 0.05) is 23.0 Å². The summed E-state index contributed by atoms with van der Waals surface area (Å²) in [6, 6.07) is 8.12. The number of aliphatic hydroxyl groups is 1. The number of hydrogen-bond donors (Lipinski definition) is 2. The molecule has 2 N–H and O–H groups in total. The number of para-hydroxylation sites is 1. The number of hydrogen-bond acceptors (Lipinski definition) is 4. The molecule has 1 unspecified atom stereocenters. The van der Waals surface area contributed by atoms with Gasteiger partial charge in [-0.3, -0.25) is 0 Å². The van der Waals surface area contributed by atoms with Crippen LogP contribution in [0.15, 0.2) is 28.8 Å². The second-order valence-electron chi connectivity index (χ2n) is 6.37. The molecule has 5 heteroatoms. The molecule has 0 spiro atoms. The Balaban J connectivity index is 2.17. The third-order valence-corrected chi connectivity index (χ3v) is 4.92. The van der Waals surface area contributed by atoms with Crippen molar-refractivity contribution in [2.75, 3.05) is 19.6 Å². The van der Waals surface area contributed by atoms with E-state index in [1.54, 1.807) is 0 Å². The minimum absolute atomic E-state index is 0.579. The lowest BCUT2D eigenvalue weighted by Gasteiger charge is -2.22. The van der Waals surface area contributed by atoms with Crippen LogP contribution in [0.5, 0.6) is 0 Å². The number of nitrogens with one attached hydrogen (secondary N) is 1. The molecule has 0 saturated carbocycles. The number of aryl methyl sites for hydroxylation is 2. The van der Waals surface area contributed by atoms with Crippen LogP contribution >= 0.6 is 0 Å². The molecular weight excluding hydrogens is 314 g/mol. The molecule has 2 aromatic heterocycles. The van der Waals surface area contributed by atoms with Gasteiger partial charge in [-0.15, -0.1) is 0 Å². The molecule has 0 radical (unpaired) electrons. The maximum atomic E-state index is 11.1. The van der Waals surface area contributed by atoms with Crippen molar-refractivity contribution in [2.45, 2.75) is 40.2 Å². The number of H-pyrrole nitrogens is 1. The van der Waals surface area contributed by atoms with E-state index in [0.29, 0.717) is 6.54 Å². The third-order valence-electron chi connectivity index (χ3n) is 4.92. The third kappa shape index (κ3) is 3.22. The van der Waals surface area contributed by atoms with Gasteiger partial charge in [0.2, 0.25) is 0 Å². The highest BCUT2D eigenvalue weighted by Crippen LogP contribution is 2.38. The van der Waals surface area contributed by atoms with Crippen molar-refractivity contribution >= 4 is 10.9 Å². The number of benzene rings is 1. The molecule has 0 aliphatic heterocycles. The average Bonchev–Trinajstić information content (AvgIpc) is 3.18. The summed E-state index contributed by atoms with van der Waals surface area (Å²) in [4.78, 5) is 5.73. The highest BCUT2D eigenvalue weighted by molar-refractivity contribution is 5.92. The number of rotatable bonds is 7. The monoisotopic (exact) mass is 341 g/mol. The minimum Gasteiger partial charge on any atom is -0.387 e. The summed E-state index contributed by atoms with van der Waals surface area (Å²) in [7, 11) is 0. The Labute approximate surface area is 148 Å². The second kappa shape index (κ2) is 7.42. The number of aromatic nitrogens is 2. The fraction of sp³-hybridized carbons (Fsp3) is 0.450. The fourth-order valence-electron chi connectivity index (χ4n) is 3.50. The topological polar surface area (TPSA) is 65.3 Å². The Morgan fingerprint density at radius 3 is 2.60 bits per heavy atom. The summed E-state index contributed by atoms with van der Waals surface area (Å²) in [6.45, 7) is 10.7. The van der Waals surface area contributed by atoms with Gasteiger partial charge in [0.25, 0.3) is 0 Å². The summed E-state index contributed by atoms with van der Waals surface area (Å²) >= 11 is 0.